The van der Waals surface area contributed by atoms with E-state index < -0.39 is 0 Å². The number of nitrogens with two attached hydrogens (primary N) is 2. The smallest absolute Gasteiger partial charge is 0.0520 e. The fraction of sp³-hybridized carbons (Fsp3) is 1.00. The molecule has 0 amide bonds. The highest BCUT2D eigenvalue weighted by Gasteiger charge is 1.85. The van der Waals surface area contributed by atoms with Crippen LogP contribution in [0, 0.1) is 0 Å². The largest absolute Gasteiger partial charge is 0.316 e. The van der Waals surface area contributed by atoms with E-state index in [4.69, 9.17) is 11.5 Å². The molecule has 0 unspecified atom stereocenters. The van der Waals surface area contributed by atoms with E-state index in [1.807, 2.05) is 0 Å². The van der Waals surface area contributed by atoms with Gasteiger partial charge in [-0.15, -0.1) is 0 Å². The van der Waals surface area contributed by atoms with Gasteiger partial charge in [0.2, 0.25) is 0 Å². The second-order valence-electron chi connectivity index (χ2n) is 1.45. The van der Waals surface area contributed by atoms with Gasteiger partial charge in [0.1, 0.15) is 0 Å². The fourth-order valence-electron chi connectivity index (χ4n) is 0.333. The zero-order valence-electron chi connectivity index (χ0n) is 4.15. The van der Waals surface area contributed by atoms with E-state index in [0.29, 0.717) is 0 Å². The third-order valence-electron chi connectivity index (χ3n) is 0.622. The van der Waals surface area contributed by atoms with Crippen LogP contribution in [0.4, 0.5) is 0 Å². The number of rotatable bonds is 2. The van der Waals surface area contributed by atoms with Gasteiger partial charge in [0.25, 0.3) is 0 Å². The Balaban J connectivity index is 0. The lowest BCUT2D eigenvalue weighted by atomic mass is 10.3. The molecule has 0 rings (SSSR count). The molecule has 4 N–H and O–H groups in total. The summed E-state index contributed by atoms with van der Waals surface area (Å²) in [6.07, 6.45) is 1.91. The van der Waals surface area contributed by atoms with Gasteiger partial charge < -0.3 is 11.5 Å². The lowest BCUT2D eigenvalue weighted by Crippen LogP contribution is -2.29. The molecule has 0 aromatic rings. The Hall–Kier alpha value is -0.0800. The predicted octanol–water partition coefficient (Wildman–Crippen LogP) is 0.666. The van der Waals surface area contributed by atoms with Crippen LogP contribution in [0.3, 0.4) is 0 Å². The van der Waals surface area contributed by atoms with E-state index in [2.05, 4.69) is 6.92 Å². The van der Waals surface area contributed by atoms with Crippen LogP contribution in [-0.4, -0.2) is 6.17 Å². The van der Waals surface area contributed by atoms with Crippen LogP contribution in [0.1, 0.15) is 27.2 Å². The van der Waals surface area contributed by atoms with Crippen LogP contribution in [0.15, 0.2) is 0 Å². The van der Waals surface area contributed by atoms with Crippen molar-refractivity contribution in [3.05, 3.63) is 0 Å². The molecular weight excluding hydrogens is 88.1 g/mol. The van der Waals surface area contributed by atoms with Gasteiger partial charge in [0.15, 0.2) is 0 Å². The molecule has 2 heteroatoms. The van der Waals surface area contributed by atoms with Gasteiger partial charge in [-0.3, -0.25) is 0 Å². The second kappa shape index (κ2) is 5.92. The van der Waals surface area contributed by atoms with Gasteiger partial charge in [-0.2, -0.15) is 0 Å². The minimum absolute atomic E-state index is 0. The van der Waals surface area contributed by atoms with Crippen molar-refractivity contribution in [1.82, 2.24) is 0 Å². The van der Waals surface area contributed by atoms with E-state index in [9.17, 15) is 0 Å². The monoisotopic (exact) mass is 104 g/mol. The molecule has 0 aliphatic rings. The van der Waals surface area contributed by atoms with Crippen molar-refractivity contribution in [2.45, 2.75) is 33.4 Å². The summed E-state index contributed by atoms with van der Waals surface area (Å²) in [5.74, 6) is 0. The molecule has 0 aliphatic heterocycles. The normalized spacial score (nSPS) is 8.57. The van der Waals surface area contributed by atoms with E-state index in [1.54, 1.807) is 0 Å². The van der Waals surface area contributed by atoms with Crippen LogP contribution in [-0.2, 0) is 0 Å². The van der Waals surface area contributed by atoms with Crippen LogP contribution in [0.5, 0.6) is 0 Å². The first kappa shape index (κ1) is 10.0. The molecule has 0 atom stereocenters. The van der Waals surface area contributed by atoms with Crippen LogP contribution >= 0.6 is 0 Å². The third kappa shape index (κ3) is 10.7. The Morgan fingerprint density at radius 3 is 1.86 bits per heavy atom. The fourth-order valence-corrected chi connectivity index (χ4v) is 0.333. The maximum Gasteiger partial charge on any atom is 0.0520 e. The Labute approximate surface area is 45.9 Å². The molecule has 0 radical (unpaired) electrons. The standard InChI is InChI=1S/C4H12N2.CH4/c1-2-3-4(5)6;/h4H,2-3,5-6H2,1H3;1H4. The van der Waals surface area contributed by atoms with Gasteiger partial charge in [0.05, 0.1) is 6.17 Å². The highest BCUT2D eigenvalue weighted by molar-refractivity contribution is 4.45. The molecule has 7 heavy (non-hydrogen) atoms. The topological polar surface area (TPSA) is 52.0 Å². The molecule has 0 spiro atoms. The predicted molar refractivity (Wildman–Crippen MR) is 33.8 cm³/mol. The van der Waals surface area contributed by atoms with Crippen molar-refractivity contribution in [1.29, 1.82) is 0 Å². The molecule has 2 nitrogen and oxygen atoms in total. The Morgan fingerprint density at radius 2 is 1.86 bits per heavy atom. The minimum atomic E-state index is -0.102. The summed E-state index contributed by atoms with van der Waals surface area (Å²) in [5.41, 5.74) is 10.4. The van der Waals surface area contributed by atoms with Crippen molar-refractivity contribution in [3.8, 4) is 0 Å². The maximum atomic E-state index is 5.18. The van der Waals surface area contributed by atoms with Crippen molar-refractivity contribution in [2.75, 3.05) is 0 Å². The minimum Gasteiger partial charge on any atom is -0.316 e. The first-order valence-corrected chi connectivity index (χ1v) is 2.28. The molecule has 0 aromatic carbocycles. The Morgan fingerprint density at radius 1 is 1.43 bits per heavy atom. The highest BCUT2D eigenvalue weighted by Crippen LogP contribution is 1.82. The summed E-state index contributed by atoms with van der Waals surface area (Å²) in [4.78, 5) is 0. The van der Waals surface area contributed by atoms with Gasteiger partial charge >= 0.3 is 0 Å². The third-order valence-corrected chi connectivity index (χ3v) is 0.622. The summed E-state index contributed by atoms with van der Waals surface area (Å²) < 4.78 is 0. The van der Waals surface area contributed by atoms with Crippen molar-refractivity contribution in [3.63, 3.8) is 0 Å². The maximum absolute atomic E-state index is 5.18. The summed E-state index contributed by atoms with van der Waals surface area (Å²) in [6.45, 7) is 2.06. The molecular formula is C5H16N2. The van der Waals surface area contributed by atoms with E-state index in [1.165, 1.54) is 0 Å². The zero-order valence-corrected chi connectivity index (χ0v) is 4.15. The first-order chi connectivity index (χ1) is 2.77. The van der Waals surface area contributed by atoms with Crippen molar-refractivity contribution < 1.29 is 0 Å². The van der Waals surface area contributed by atoms with Gasteiger partial charge in [-0.25, -0.2) is 0 Å². The SMILES string of the molecule is C.CCCC(N)N. The van der Waals surface area contributed by atoms with Gasteiger partial charge in [0, 0.05) is 0 Å². The van der Waals surface area contributed by atoms with Crippen LogP contribution in [0.25, 0.3) is 0 Å². The Kier molecular flexibility index (Phi) is 8.47. The lowest BCUT2D eigenvalue weighted by molar-refractivity contribution is 0.627. The van der Waals surface area contributed by atoms with E-state index in [0.717, 1.165) is 12.8 Å². The molecule has 0 saturated carbocycles. The zero-order chi connectivity index (χ0) is 4.99. The van der Waals surface area contributed by atoms with E-state index in [-0.39, 0.29) is 13.6 Å². The average Bonchev–Trinajstić information content (AvgIpc) is 1.35. The number of hydrogen-bond donors (Lipinski definition) is 2. The van der Waals surface area contributed by atoms with Crippen LogP contribution < -0.4 is 11.5 Å². The lowest BCUT2D eigenvalue weighted by Gasteiger charge is -1.97. The Bertz CT molecular complexity index is 27.3. The van der Waals surface area contributed by atoms with Crippen molar-refractivity contribution >= 4 is 0 Å². The summed E-state index contributed by atoms with van der Waals surface area (Å²) in [5, 5.41) is 0. The number of hydrogen-bond acceptors (Lipinski definition) is 2. The highest BCUT2D eigenvalue weighted by atomic mass is 14.8. The van der Waals surface area contributed by atoms with Crippen LogP contribution in [0.2, 0.25) is 0 Å². The summed E-state index contributed by atoms with van der Waals surface area (Å²) in [6, 6.07) is 0. The molecule has 0 fully saturated rings. The quantitative estimate of drug-likeness (QED) is 0.506. The van der Waals surface area contributed by atoms with E-state index >= 15 is 0 Å². The molecule has 0 bridgehead atoms. The molecule has 0 saturated heterocycles. The average molecular weight is 104 g/mol. The second-order valence-corrected chi connectivity index (χ2v) is 1.45. The summed E-state index contributed by atoms with van der Waals surface area (Å²) >= 11 is 0. The molecule has 0 aromatic heterocycles. The van der Waals surface area contributed by atoms with Gasteiger partial charge in [-0.1, -0.05) is 20.8 Å². The molecule has 0 aliphatic carbocycles. The van der Waals surface area contributed by atoms with Crippen molar-refractivity contribution in [2.24, 2.45) is 11.5 Å². The van der Waals surface area contributed by atoms with Gasteiger partial charge in [-0.05, 0) is 6.42 Å². The summed E-state index contributed by atoms with van der Waals surface area (Å²) in [7, 11) is 0. The first-order valence-electron chi connectivity index (χ1n) is 2.28. The molecule has 46 valence electrons. The molecule has 0 heterocycles.